The van der Waals surface area contributed by atoms with E-state index in [2.05, 4.69) is 0 Å². The van der Waals surface area contributed by atoms with Gasteiger partial charge in [-0.1, -0.05) is 24.3 Å². The number of carbonyl (C=O) groups is 4. The minimum Gasteiger partial charge on any atom is -0.465 e. The molecule has 3 aliphatic heterocycles. The molecule has 202 valence electrons. The second-order valence-corrected chi connectivity index (χ2v) is 11.2. The van der Waals surface area contributed by atoms with E-state index in [0.717, 1.165) is 32.2 Å². The van der Waals surface area contributed by atoms with Crippen LogP contribution in [0.2, 0.25) is 0 Å². The number of hydrogen-bond acceptors (Lipinski definition) is 9. The normalized spacial score (nSPS) is 22.7. The highest BCUT2D eigenvalue weighted by molar-refractivity contribution is 7.17. The number of thiophene rings is 1. The van der Waals surface area contributed by atoms with Crippen molar-refractivity contribution < 1.29 is 28.8 Å². The average Bonchev–Trinajstić information content (AvgIpc) is 3.54. The van der Waals surface area contributed by atoms with E-state index in [9.17, 15) is 29.3 Å². The van der Waals surface area contributed by atoms with Crippen molar-refractivity contribution in [3.63, 3.8) is 0 Å². The molecule has 11 heteroatoms. The van der Waals surface area contributed by atoms with Gasteiger partial charge in [0.05, 0.1) is 35.5 Å². The topological polar surface area (TPSA) is 127 Å². The Hall–Kier alpha value is -4.64. The molecule has 4 unspecified atom stereocenters. The Balaban J connectivity index is 1.50. The largest absolute Gasteiger partial charge is 0.465 e. The van der Waals surface area contributed by atoms with Crippen LogP contribution in [0.4, 0.5) is 10.7 Å². The van der Waals surface area contributed by atoms with Crippen molar-refractivity contribution >= 4 is 51.7 Å². The van der Waals surface area contributed by atoms with Crippen LogP contribution in [0, 0.1) is 35.8 Å². The van der Waals surface area contributed by atoms with Crippen LogP contribution in [-0.2, 0) is 14.3 Å². The van der Waals surface area contributed by atoms with Gasteiger partial charge in [-0.15, -0.1) is 11.3 Å². The lowest BCUT2D eigenvalue weighted by Crippen LogP contribution is -2.44. The van der Waals surface area contributed by atoms with Crippen LogP contribution in [0.1, 0.15) is 48.3 Å². The second kappa shape index (κ2) is 9.23. The van der Waals surface area contributed by atoms with Crippen molar-refractivity contribution in [2.45, 2.75) is 25.9 Å². The van der Waals surface area contributed by atoms with Crippen molar-refractivity contribution in [1.29, 1.82) is 0 Å². The molecule has 0 saturated carbocycles. The van der Waals surface area contributed by atoms with E-state index in [1.807, 2.05) is 30.3 Å². The number of hydrogen-bond donors (Lipinski definition) is 0. The standard InChI is InChI=1S/C29H23N3O7S/c1-14-15(2)40-28(20(14)29(36)39-3)31-26(34)21-22(27(31)35)24(25(33)17-8-10-18(11-9-17)32(37)38)30-13-12-16-6-4-5-7-19(16)23(21)30/h4-13,21-24H,1-3H3. The molecular formula is C29H23N3O7S. The number of nitro benzene ring substituents is 1. The van der Waals surface area contributed by atoms with Crippen molar-refractivity contribution in [3.8, 4) is 0 Å². The molecule has 3 aliphatic rings. The number of anilines is 1. The molecule has 0 bridgehead atoms. The minimum absolute atomic E-state index is 0.158. The summed E-state index contributed by atoms with van der Waals surface area (Å²) in [5.41, 5.74) is 2.50. The van der Waals surface area contributed by atoms with Crippen LogP contribution in [0.3, 0.4) is 0 Å². The number of ether oxygens (including phenoxy) is 1. The molecule has 40 heavy (non-hydrogen) atoms. The van der Waals surface area contributed by atoms with Gasteiger partial charge in [0.15, 0.2) is 5.78 Å². The summed E-state index contributed by atoms with van der Waals surface area (Å²) in [6.07, 6.45) is 3.58. The van der Waals surface area contributed by atoms with Gasteiger partial charge in [-0.3, -0.25) is 24.5 Å². The third kappa shape index (κ3) is 3.54. The van der Waals surface area contributed by atoms with E-state index in [1.165, 1.54) is 31.4 Å². The van der Waals surface area contributed by atoms with Gasteiger partial charge in [0.2, 0.25) is 11.8 Å². The highest BCUT2D eigenvalue weighted by atomic mass is 32.1. The Morgan fingerprint density at radius 2 is 1.68 bits per heavy atom. The molecule has 6 rings (SSSR count). The van der Waals surface area contributed by atoms with Gasteiger partial charge in [-0.25, -0.2) is 9.69 Å². The van der Waals surface area contributed by atoms with Gasteiger partial charge >= 0.3 is 5.97 Å². The van der Waals surface area contributed by atoms with Crippen LogP contribution < -0.4 is 4.90 Å². The summed E-state index contributed by atoms with van der Waals surface area (Å²) < 4.78 is 4.97. The number of carbonyl (C=O) groups excluding carboxylic acids is 4. The van der Waals surface area contributed by atoms with E-state index in [4.69, 9.17) is 4.74 Å². The Morgan fingerprint density at radius 3 is 2.35 bits per heavy atom. The van der Waals surface area contributed by atoms with Crippen LogP contribution in [-0.4, -0.2) is 46.5 Å². The number of esters is 1. The lowest BCUT2D eigenvalue weighted by Gasteiger charge is -2.35. The first-order valence-electron chi connectivity index (χ1n) is 12.5. The number of aryl methyl sites for hydroxylation is 1. The summed E-state index contributed by atoms with van der Waals surface area (Å²) in [5, 5.41) is 11.3. The fourth-order valence-electron chi connectivity index (χ4n) is 6.08. The molecule has 0 radical (unpaired) electrons. The number of methoxy groups -OCH3 is 1. The fraction of sp³-hybridized carbons (Fsp3) is 0.241. The third-order valence-corrected chi connectivity index (χ3v) is 9.24. The van der Waals surface area contributed by atoms with Gasteiger partial charge in [-0.2, -0.15) is 0 Å². The van der Waals surface area contributed by atoms with Crippen LogP contribution in [0.25, 0.3) is 6.08 Å². The highest BCUT2D eigenvalue weighted by Crippen LogP contribution is 2.55. The number of ketones is 1. The zero-order valence-electron chi connectivity index (χ0n) is 21.7. The summed E-state index contributed by atoms with van der Waals surface area (Å²) in [6.45, 7) is 3.53. The molecule has 1 aromatic heterocycles. The van der Waals surface area contributed by atoms with E-state index >= 15 is 0 Å². The predicted molar refractivity (Wildman–Crippen MR) is 146 cm³/mol. The zero-order valence-corrected chi connectivity index (χ0v) is 22.5. The molecule has 2 fully saturated rings. The predicted octanol–water partition coefficient (Wildman–Crippen LogP) is 4.46. The number of nitro groups is 1. The monoisotopic (exact) mass is 557 g/mol. The van der Waals surface area contributed by atoms with Crippen LogP contribution >= 0.6 is 11.3 Å². The number of Topliss-reactive ketones (excluding diaryl/α,β-unsaturated/α-hetero) is 1. The van der Waals surface area contributed by atoms with Crippen molar-refractivity contribution in [1.82, 2.24) is 4.90 Å². The fourth-order valence-corrected chi connectivity index (χ4v) is 7.24. The number of non-ortho nitro benzene ring substituents is 1. The molecule has 0 N–H and O–H groups in total. The Labute approximate surface area is 232 Å². The first kappa shape index (κ1) is 25.6. The second-order valence-electron chi connectivity index (χ2n) is 9.97. The summed E-state index contributed by atoms with van der Waals surface area (Å²) in [6, 6.07) is 11.1. The van der Waals surface area contributed by atoms with Crippen LogP contribution in [0.15, 0.2) is 54.7 Å². The lowest BCUT2D eigenvalue weighted by molar-refractivity contribution is -0.384. The van der Waals surface area contributed by atoms with Crippen molar-refractivity contribution in [2.24, 2.45) is 11.8 Å². The maximum absolute atomic E-state index is 14.2. The number of fused-ring (bicyclic) bond motifs is 5. The van der Waals surface area contributed by atoms with Gasteiger partial charge in [-0.05, 0) is 48.7 Å². The molecule has 3 aromatic rings. The zero-order chi connectivity index (χ0) is 28.5. The minimum atomic E-state index is -1.04. The molecule has 4 heterocycles. The average molecular weight is 558 g/mol. The third-order valence-electron chi connectivity index (χ3n) is 8.05. The number of amides is 2. The number of rotatable bonds is 5. The van der Waals surface area contributed by atoms with Crippen molar-refractivity contribution in [2.75, 3.05) is 12.0 Å². The Bertz CT molecular complexity index is 1660. The quantitative estimate of drug-likeness (QED) is 0.148. The SMILES string of the molecule is COC(=O)c1c(N2C(=O)C3C(C2=O)C2c4ccccc4C=CN2C3C(=O)c2ccc([N+](=O)[O-])cc2)sc(C)c1C. The molecule has 0 aliphatic carbocycles. The molecular weight excluding hydrogens is 534 g/mol. The maximum atomic E-state index is 14.2. The van der Waals surface area contributed by atoms with E-state index in [0.29, 0.717) is 5.56 Å². The van der Waals surface area contributed by atoms with Gasteiger partial charge < -0.3 is 9.64 Å². The highest BCUT2D eigenvalue weighted by Gasteiger charge is 2.65. The van der Waals surface area contributed by atoms with Gasteiger partial charge in [0.25, 0.3) is 5.69 Å². The van der Waals surface area contributed by atoms with E-state index < -0.39 is 52.4 Å². The molecule has 0 spiro atoms. The molecule has 10 nitrogen and oxygen atoms in total. The first-order valence-corrected chi connectivity index (χ1v) is 13.4. The summed E-state index contributed by atoms with van der Waals surface area (Å²) >= 11 is 1.16. The number of benzene rings is 2. The number of imide groups is 1. The lowest BCUT2D eigenvalue weighted by atomic mass is 9.83. The molecule has 2 amide bonds. The summed E-state index contributed by atoms with van der Waals surface area (Å²) in [5.74, 6) is -4.06. The molecule has 2 aromatic carbocycles. The Morgan fingerprint density at radius 1 is 1.00 bits per heavy atom. The Kier molecular flexibility index (Phi) is 5.91. The maximum Gasteiger partial charge on any atom is 0.341 e. The van der Waals surface area contributed by atoms with Gasteiger partial charge in [0, 0.05) is 28.8 Å². The summed E-state index contributed by atoms with van der Waals surface area (Å²) in [4.78, 5) is 69.3. The first-order chi connectivity index (χ1) is 19.1. The van der Waals surface area contributed by atoms with E-state index in [1.54, 1.807) is 24.9 Å². The summed E-state index contributed by atoms with van der Waals surface area (Å²) in [7, 11) is 1.24. The van der Waals surface area contributed by atoms with E-state index in [-0.39, 0.29) is 21.8 Å². The smallest absolute Gasteiger partial charge is 0.341 e. The van der Waals surface area contributed by atoms with Crippen LogP contribution in [0.5, 0.6) is 0 Å². The number of nitrogens with zero attached hydrogens (tertiary/aromatic N) is 3. The van der Waals surface area contributed by atoms with Gasteiger partial charge in [0.1, 0.15) is 11.0 Å². The molecule has 4 atom stereocenters. The van der Waals surface area contributed by atoms with Crippen molar-refractivity contribution in [3.05, 3.63) is 97.5 Å². The molecule has 2 saturated heterocycles.